The lowest BCUT2D eigenvalue weighted by Crippen LogP contribution is -2.56. The van der Waals surface area contributed by atoms with E-state index < -0.39 is 18.3 Å². The van der Waals surface area contributed by atoms with Crippen LogP contribution in [0.3, 0.4) is 0 Å². The molecule has 0 radical (unpaired) electrons. The van der Waals surface area contributed by atoms with Crippen LogP contribution >= 0.6 is 23.2 Å². The molecular formula is C17H20BCl2N4O3+. The summed E-state index contributed by atoms with van der Waals surface area (Å²) in [6.07, 6.45) is 4.74. The second kappa shape index (κ2) is 7.35. The minimum Gasteiger partial charge on any atom is -0.399 e. The predicted octanol–water partition coefficient (Wildman–Crippen LogP) is 1.41. The number of nitrogens with zero attached hydrogens (tertiary/aromatic N) is 3. The van der Waals surface area contributed by atoms with Gasteiger partial charge in [-0.3, -0.25) is 9.78 Å². The lowest BCUT2D eigenvalue weighted by Gasteiger charge is -2.35. The quantitative estimate of drug-likeness (QED) is 0.469. The van der Waals surface area contributed by atoms with Gasteiger partial charge in [-0.25, -0.2) is 4.57 Å². The lowest BCUT2D eigenvalue weighted by molar-refractivity contribution is -0.711. The third-order valence-corrected chi connectivity index (χ3v) is 5.37. The molecule has 1 N–H and O–H groups in total. The maximum Gasteiger partial charge on any atom is 0.496 e. The number of hydrogen-bond donors (Lipinski definition) is 1. The van der Waals surface area contributed by atoms with Crippen molar-refractivity contribution < 1.29 is 18.7 Å². The van der Waals surface area contributed by atoms with Crippen LogP contribution in [0.15, 0.2) is 30.9 Å². The molecule has 0 spiro atoms. The SMILES string of the molecule is CNC(=O)c1cc(Cl)[n+](CC2(C)OB(c3cncc(Cl)c3)OC2(C)C)cn1. The lowest BCUT2D eigenvalue weighted by atomic mass is 9.80. The fraction of sp³-hybridized carbons (Fsp3) is 0.412. The minimum atomic E-state index is -0.718. The molecule has 0 aliphatic carbocycles. The van der Waals surface area contributed by atoms with Crippen molar-refractivity contribution >= 4 is 41.7 Å². The van der Waals surface area contributed by atoms with E-state index >= 15 is 0 Å². The van der Waals surface area contributed by atoms with Gasteiger partial charge in [-0.15, -0.1) is 0 Å². The summed E-state index contributed by atoms with van der Waals surface area (Å²) in [4.78, 5) is 20.0. The fourth-order valence-corrected chi connectivity index (χ4v) is 3.22. The normalized spacial score (nSPS) is 21.3. The van der Waals surface area contributed by atoms with Crippen molar-refractivity contribution in [3.05, 3.63) is 46.7 Å². The molecule has 27 heavy (non-hydrogen) atoms. The van der Waals surface area contributed by atoms with E-state index in [0.29, 0.717) is 16.7 Å². The third-order valence-electron chi connectivity index (χ3n) is 4.84. The zero-order valence-electron chi connectivity index (χ0n) is 15.5. The summed E-state index contributed by atoms with van der Waals surface area (Å²) in [6, 6.07) is 3.28. The molecule has 7 nitrogen and oxygen atoms in total. The first-order valence-corrected chi connectivity index (χ1v) is 9.14. The Morgan fingerprint density at radius 1 is 1.26 bits per heavy atom. The van der Waals surface area contributed by atoms with Gasteiger partial charge in [0.25, 0.3) is 12.2 Å². The van der Waals surface area contributed by atoms with Gasteiger partial charge in [0.2, 0.25) is 5.69 Å². The Labute approximate surface area is 168 Å². The number of rotatable bonds is 4. The molecule has 0 bridgehead atoms. The van der Waals surface area contributed by atoms with Gasteiger partial charge in [0.1, 0.15) is 12.1 Å². The van der Waals surface area contributed by atoms with Crippen LogP contribution in [0.25, 0.3) is 0 Å². The van der Waals surface area contributed by atoms with Crippen molar-refractivity contribution in [1.29, 1.82) is 0 Å². The molecule has 0 saturated carbocycles. The van der Waals surface area contributed by atoms with Gasteiger partial charge in [0, 0.05) is 24.9 Å². The fourth-order valence-electron chi connectivity index (χ4n) is 2.83. The first kappa shape index (κ1) is 20.0. The van der Waals surface area contributed by atoms with E-state index in [0.717, 1.165) is 5.46 Å². The molecule has 3 heterocycles. The summed E-state index contributed by atoms with van der Waals surface area (Å²) >= 11 is 12.4. The summed E-state index contributed by atoms with van der Waals surface area (Å²) in [5.74, 6) is -0.301. The van der Waals surface area contributed by atoms with Crippen LogP contribution in [0.4, 0.5) is 0 Å². The number of aromatic nitrogens is 3. The topological polar surface area (TPSA) is 77.2 Å². The van der Waals surface area contributed by atoms with Crippen LogP contribution in [0.5, 0.6) is 0 Å². The van der Waals surface area contributed by atoms with E-state index in [9.17, 15) is 4.79 Å². The van der Waals surface area contributed by atoms with E-state index in [2.05, 4.69) is 15.3 Å². The van der Waals surface area contributed by atoms with Crippen molar-refractivity contribution in [1.82, 2.24) is 15.3 Å². The Bertz CT molecular complexity index is 883. The number of halogens is 2. The number of nitrogens with one attached hydrogen (secondary N) is 1. The smallest absolute Gasteiger partial charge is 0.399 e. The maximum atomic E-state index is 11.7. The molecule has 3 rings (SSSR count). The van der Waals surface area contributed by atoms with Crippen LogP contribution in [0.1, 0.15) is 31.3 Å². The zero-order valence-corrected chi connectivity index (χ0v) is 17.0. The summed E-state index contributed by atoms with van der Waals surface area (Å²) in [5.41, 5.74) is -0.363. The minimum absolute atomic E-state index is 0.245. The van der Waals surface area contributed by atoms with Gasteiger partial charge >= 0.3 is 7.12 Å². The van der Waals surface area contributed by atoms with Crippen molar-refractivity contribution in [3.63, 3.8) is 0 Å². The zero-order chi connectivity index (χ0) is 19.8. The molecule has 1 aliphatic heterocycles. The highest BCUT2D eigenvalue weighted by atomic mass is 35.5. The van der Waals surface area contributed by atoms with Gasteiger partial charge in [0.05, 0.1) is 16.7 Å². The van der Waals surface area contributed by atoms with Gasteiger partial charge in [0.15, 0.2) is 5.15 Å². The molecule has 1 amide bonds. The Hall–Kier alpha value is -1.74. The van der Waals surface area contributed by atoms with Crippen molar-refractivity contribution in [2.75, 3.05) is 7.05 Å². The van der Waals surface area contributed by atoms with Crippen LogP contribution in [0, 0.1) is 0 Å². The van der Waals surface area contributed by atoms with Crippen molar-refractivity contribution in [2.24, 2.45) is 0 Å². The first-order valence-electron chi connectivity index (χ1n) is 8.38. The second-order valence-corrected chi connectivity index (χ2v) is 7.87. The molecule has 1 unspecified atom stereocenters. The highest BCUT2D eigenvalue weighted by molar-refractivity contribution is 6.62. The van der Waals surface area contributed by atoms with E-state index in [-0.39, 0.29) is 11.6 Å². The van der Waals surface area contributed by atoms with E-state index in [4.69, 9.17) is 32.5 Å². The van der Waals surface area contributed by atoms with Gasteiger partial charge in [-0.2, -0.15) is 0 Å². The highest BCUT2D eigenvalue weighted by Crippen LogP contribution is 2.37. The standard InChI is InChI=1S/C17H19BCl2N4O3/c1-16(2)17(3,27-18(26-16)11-5-12(19)8-22-7-11)9-24-10-23-13(6-14(24)20)15(25)21-4/h5-8,10H,9H2,1-4H3/p+1. The summed E-state index contributed by atoms with van der Waals surface area (Å²) < 4.78 is 14.1. The van der Waals surface area contributed by atoms with Gasteiger partial charge in [-0.05, 0) is 43.4 Å². The Balaban J connectivity index is 1.86. The molecule has 1 aliphatic rings. The number of amides is 1. The summed E-state index contributed by atoms with van der Waals surface area (Å²) in [6.45, 7) is 6.23. The predicted molar refractivity (Wildman–Crippen MR) is 102 cm³/mol. The number of carbonyl (C=O) groups excluding carboxylic acids is 1. The van der Waals surface area contributed by atoms with Gasteiger partial charge in [-0.1, -0.05) is 11.6 Å². The van der Waals surface area contributed by atoms with Crippen LogP contribution in [0.2, 0.25) is 10.2 Å². The van der Waals surface area contributed by atoms with Crippen LogP contribution in [-0.2, 0) is 15.9 Å². The summed E-state index contributed by atoms with van der Waals surface area (Å²) in [7, 11) is 0.936. The largest absolute Gasteiger partial charge is 0.496 e. The van der Waals surface area contributed by atoms with Crippen molar-refractivity contribution in [2.45, 2.75) is 38.5 Å². The average molecular weight is 410 g/mol. The number of pyridine rings is 1. The number of hydrogen-bond acceptors (Lipinski definition) is 5. The Morgan fingerprint density at radius 2 is 2.00 bits per heavy atom. The monoisotopic (exact) mass is 409 g/mol. The van der Waals surface area contributed by atoms with E-state index in [1.54, 1.807) is 23.0 Å². The number of carbonyl (C=O) groups is 1. The average Bonchev–Trinajstić information content (AvgIpc) is 2.85. The van der Waals surface area contributed by atoms with Crippen LogP contribution < -0.4 is 15.3 Å². The summed E-state index contributed by atoms with van der Waals surface area (Å²) in [5, 5.41) is 3.40. The van der Waals surface area contributed by atoms with Crippen molar-refractivity contribution in [3.8, 4) is 0 Å². The molecular weight excluding hydrogens is 390 g/mol. The molecule has 1 fully saturated rings. The maximum absolute atomic E-state index is 11.7. The third kappa shape index (κ3) is 3.94. The highest BCUT2D eigenvalue weighted by Gasteiger charge is 2.56. The van der Waals surface area contributed by atoms with Gasteiger partial charge < -0.3 is 14.6 Å². The molecule has 1 atom stereocenters. The molecule has 1 saturated heterocycles. The molecule has 0 aromatic carbocycles. The molecule has 10 heteroatoms. The Kier molecular flexibility index (Phi) is 5.45. The molecule has 142 valence electrons. The molecule has 2 aromatic heterocycles. The first-order chi connectivity index (χ1) is 12.6. The van der Waals surface area contributed by atoms with E-state index in [1.807, 2.05) is 20.8 Å². The van der Waals surface area contributed by atoms with E-state index in [1.165, 1.54) is 19.4 Å². The molecule has 2 aromatic rings. The Morgan fingerprint density at radius 3 is 2.63 bits per heavy atom. The van der Waals surface area contributed by atoms with Crippen LogP contribution in [-0.4, -0.2) is 41.2 Å². The second-order valence-electron chi connectivity index (χ2n) is 7.05.